The van der Waals surface area contributed by atoms with E-state index in [0.717, 1.165) is 36.2 Å². The van der Waals surface area contributed by atoms with E-state index in [9.17, 15) is 10.1 Å². The maximum Gasteiger partial charge on any atom is 0.270 e. The minimum absolute atomic E-state index is 0.127. The van der Waals surface area contributed by atoms with E-state index in [1.54, 1.807) is 12.1 Å². The van der Waals surface area contributed by atoms with Gasteiger partial charge in [0.2, 0.25) is 0 Å². The van der Waals surface area contributed by atoms with Crippen molar-refractivity contribution in [3.8, 4) is 0 Å². The Labute approximate surface area is 134 Å². The molecule has 5 nitrogen and oxygen atoms in total. The highest BCUT2D eigenvalue weighted by Crippen LogP contribution is 2.24. The van der Waals surface area contributed by atoms with E-state index in [2.05, 4.69) is 33.1 Å². The molecular formula is C15H22BrN3O2. The molecule has 1 aromatic carbocycles. The number of non-ortho nitro benzene ring substituents is 1. The standard InChI is InChI=1S/C15H22BrN3O2/c1-2-18(11-13-5-3-4-8-17-13)10-12-6-7-14(19(20)21)9-15(12)16/h6-7,9,13,17H,2-5,8,10-11H2,1H3. The largest absolute Gasteiger partial charge is 0.313 e. The lowest BCUT2D eigenvalue weighted by Gasteiger charge is -2.30. The average Bonchev–Trinajstić information content (AvgIpc) is 2.49. The predicted molar refractivity (Wildman–Crippen MR) is 87.4 cm³/mol. The van der Waals surface area contributed by atoms with Gasteiger partial charge in [-0.25, -0.2) is 0 Å². The zero-order valence-corrected chi connectivity index (χ0v) is 13.9. The molecule has 0 spiro atoms. The van der Waals surface area contributed by atoms with Crippen molar-refractivity contribution in [1.29, 1.82) is 0 Å². The molecule has 1 heterocycles. The Morgan fingerprint density at radius 2 is 2.29 bits per heavy atom. The summed E-state index contributed by atoms with van der Waals surface area (Å²) in [4.78, 5) is 12.8. The van der Waals surface area contributed by atoms with Crippen LogP contribution in [0.5, 0.6) is 0 Å². The van der Waals surface area contributed by atoms with Gasteiger partial charge in [-0.2, -0.15) is 0 Å². The van der Waals surface area contributed by atoms with Gasteiger partial charge < -0.3 is 5.32 Å². The van der Waals surface area contributed by atoms with Gasteiger partial charge in [0.25, 0.3) is 5.69 Å². The molecule has 116 valence electrons. The van der Waals surface area contributed by atoms with Gasteiger partial charge in [-0.3, -0.25) is 15.0 Å². The van der Waals surface area contributed by atoms with Gasteiger partial charge >= 0.3 is 0 Å². The highest BCUT2D eigenvalue weighted by atomic mass is 79.9. The molecule has 1 unspecified atom stereocenters. The molecule has 0 aromatic heterocycles. The zero-order chi connectivity index (χ0) is 15.2. The fraction of sp³-hybridized carbons (Fsp3) is 0.600. The quantitative estimate of drug-likeness (QED) is 0.628. The lowest BCUT2D eigenvalue weighted by molar-refractivity contribution is -0.384. The summed E-state index contributed by atoms with van der Waals surface area (Å²) in [6.07, 6.45) is 3.81. The van der Waals surface area contributed by atoms with E-state index >= 15 is 0 Å². The lowest BCUT2D eigenvalue weighted by atomic mass is 10.0. The fourth-order valence-electron chi connectivity index (χ4n) is 2.72. The van der Waals surface area contributed by atoms with Gasteiger partial charge in [-0.1, -0.05) is 29.3 Å². The minimum Gasteiger partial charge on any atom is -0.313 e. The second-order valence-electron chi connectivity index (χ2n) is 5.51. The number of hydrogen-bond acceptors (Lipinski definition) is 4. The first-order chi connectivity index (χ1) is 10.1. The SMILES string of the molecule is CCN(Cc1ccc([N+](=O)[O-])cc1Br)CC1CCCCN1. The van der Waals surface area contributed by atoms with Gasteiger partial charge in [0.05, 0.1) is 4.92 Å². The van der Waals surface area contributed by atoms with Crippen LogP contribution < -0.4 is 5.32 Å². The third kappa shape index (κ3) is 4.76. The third-order valence-corrected chi connectivity index (χ3v) is 4.72. The van der Waals surface area contributed by atoms with Gasteiger partial charge in [-0.15, -0.1) is 0 Å². The van der Waals surface area contributed by atoms with Crippen LogP contribution in [0.1, 0.15) is 31.7 Å². The zero-order valence-electron chi connectivity index (χ0n) is 12.3. The van der Waals surface area contributed by atoms with Crippen LogP contribution in [0.3, 0.4) is 0 Å². The van der Waals surface area contributed by atoms with Crippen LogP contribution >= 0.6 is 15.9 Å². The summed E-state index contributed by atoms with van der Waals surface area (Å²) in [6.45, 7) is 6.08. The molecule has 1 N–H and O–H groups in total. The summed E-state index contributed by atoms with van der Waals surface area (Å²) in [5.41, 5.74) is 1.22. The van der Waals surface area contributed by atoms with Crippen LogP contribution in [-0.2, 0) is 6.54 Å². The fourth-order valence-corrected chi connectivity index (χ4v) is 3.21. The number of benzene rings is 1. The van der Waals surface area contributed by atoms with E-state index in [-0.39, 0.29) is 10.6 Å². The highest BCUT2D eigenvalue weighted by Gasteiger charge is 2.17. The van der Waals surface area contributed by atoms with Crippen molar-refractivity contribution in [2.45, 2.75) is 38.8 Å². The summed E-state index contributed by atoms with van der Waals surface area (Å²) in [7, 11) is 0. The summed E-state index contributed by atoms with van der Waals surface area (Å²) < 4.78 is 0.812. The van der Waals surface area contributed by atoms with Crippen LogP contribution in [-0.4, -0.2) is 35.5 Å². The summed E-state index contributed by atoms with van der Waals surface area (Å²) in [5.74, 6) is 0. The van der Waals surface area contributed by atoms with Crippen LogP contribution in [0.25, 0.3) is 0 Å². The van der Waals surface area contributed by atoms with Crippen LogP contribution in [0.15, 0.2) is 22.7 Å². The Balaban J connectivity index is 1.99. The maximum absolute atomic E-state index is 10.8. The molecule has 21 heavy (non-hydrogen) atoms. The number of nitrogens with zero attached hydrogens (tertiary/aromatic N) is 2. The van der Waals surface area contributed by atoms with E-state index in [4.69, 9.17) is 0 Å². The summed E-state index contributed by atoms with van der Waals surface area (Å²) in [5, 5.41) is 14.3. The van der Waals surface area contributed by atoms with Crippen molar-refractivity contribution in [1.82, 2.24) is 10.2 Å². The van der Waals surface area contributed by atoms with E-state index in [1.807, 2.05) is 6.07 Å². The number of halogens is 1. The summed E-state index contributed by atoms with van der Waals surface area (Å²) in [6, 6.07) is 5.57. The molecule has 1 aliphatic heterocycles. The molecule has 0 aliphatic carbocycles. The van der Waals surface area contributed by atoms with Crippen molar-refractivity contribution in [2.24, 2.45) is 0 Å². The van der Waals surface area contributed by atoms with Gasteiger partial charge in [0.1, 0.15) is 0 Å². The van der Waals surface area contributed by atoms with Crippen LogP contribution in [0.4, 0.5) is 5.69 Å². The van der Waals surface area contributed by atoms with Gasteiger partial charge in [0, 0.05) is 35.7 Å². The molecule has 0 saturated carbocycles. The third-order valence-electron chi connectivity index (χ3n) is 3.98. The van der Waals surface area contributed by atoms with Crippen LogP contribution in [0, 0.1) is 10.1 Å². The monoisotopic (exact) mass is 355 g/mol. The van der Waals surface area contributed by atoms with Crippen LogP contribution in [0.2, 0.25) is 0 Å². The molecular weight excluding hydrogens is 334 g/mol. The molecule has 1 atom stereocenters. The number of nitrogens with one attached hydrogen (secondary N) is 1. The highest BCUT2D eigenvalue weighted by molar-refractivity contribution is 9.10. The molecule has 6 heteroatoms. The first kappa shape index (κ1) is 16.4. The van der Waals surface area contributed by atoms with Gasteiger partial charge in [-0.05, 0) is 37.6 Å². The first-order valence-electron chi connectivity index (χ1n) is 7.48. The summed E-state index contributed by atoms with van der Waals surface area (Å²) >= 11 is 3.45. The Morgan fingerprint density at radius 1 is 1.48 bits per heavy atom. The van der Waals surface area contributed by atoms with E-state index in [1.165, 1.54) is 19.3 Å². The average molecular weight is 356 g/mol. The second-order valence-corrected chi connectivity index (χ2v) is 6.36. The maximum atomic E-state index is 10.8. The first-order valence-corrected chi connectivity index (χ1v) is 8.28. The Kier molecular flexibility index (Phi) is 6.14. The number of nitro benzene ring substituents is 1. The number of piperidine rings is 1. The number of nitro groups is 1. The normalized spacial score (nSPS) is 18.9. The Morgan fingerprint density at radius 3 is 2.86 bits per heavy atom. The second kappa shape index (κ2) is 7.87. The number of hydrogen-bond donors (Lipinski definition) is 1. The van der Waals surface area contributed by atoms with Crippen molar-refractivity contribution in [2.75, 3.05) is 19.6 Å². The Hall–Kier alpha value is -0.980. The number of likely N-dealkylation sites (N-methyl/N-ethyl adjacent to an activating group) is 1. The topological polar surface area (TPSA) is 58.4 Å². The van der Waals surface area contributed by atoms with E-state index in [0.29, 0.717) is 6.04 Å². The molecule has 1 aliphatic rings. The molecule has 0 amide bonds. The molecule has 2 rings (SSSR count). The molecule has 0 radical (unpaired) electrons. The van der Waals surface area contributed by atoms with Crippen molar-refractivity contribution >= 4 is 21.6 Å². The van der Waals surface area contributed by atoms with Crippen molar-refractivity contribution in [3.05, 3.63) is 38.3 Å². The lowest BCUT2D eigenvalue weighted by Crippen LogP contribution is -2.43. The van der Waals surface area contributed by atoms with E-state index < -0.39 is 0 Å². The van der Waals surface area contributed by atoms with Crippen molar-refractivity contribution < 1.29 is 4.92 Å². The van der Waals surface area contributed by atoms with Gasteiger partial charge in [0.15, 0.2) is 0 Å². The Bertz CT molecular complexity index is 490. The molecule has 1 aromatic rings. The smallest absolute Gasteiger partial charge is 0.270 e. The number of rotatable bonds is 6. The minimum atomic E-state index is -0.363. The molecule has 0 bridgehead atoms. The van der Waals surface area contributed by atoms with Crippen molar-refractivity contribution in [3.63, 3.8) is 0 Å². The molecule has 1 fully saturated rings. The molecule has 1 saturated heterocycles. The predicted octanol–water partition coefficient (Wildman–Crippen LogP) is 3.32.